The second-order valence-corrected chi connectivity index (χ2v) is 6.41. The van der Waals surface area contributed by atoms with E-state index in [0.29, 0.717) is 6.54 Å². The molecule has 1 aliphatic carbocycles. The van der Waals surface area contributed by atoms with Crippen LogP contribution in [0.5, 0.6) is 6.01 Å². The van der Waals surface area contributed by atoms with E-state index >= 15 is 0 Å². The average molecular weight is 358 g/mol. The summed E-state index contributed by atoms with van der Waals surface area (Å²) in [7, 11) is 0. The minimum Gasteiger partial charge on any atom is -0.460 e. The first-order chi connectivity index (χ1) is 12.7. The van der Waals surface area contributed by atoms with Crippen LogP contribution in [0.2, 0.25) is 0 Å². The predicted octanol–water partition coefficient (Wildman–Crippen LogP) is 2.85. The Morgan fingerprint density at radius 1 is 1.12 bits per heavy atom. The van der Waals surface area contributed by atoms with Gasteiger partial charge in [0.15, 0.2) is 5.82 Å². The third kappa shape index (κ3) is 5.68. The summed E-state index contributed by atoms with van der Waals surface area (Å²) in [6.45, 7) is 0.607. The fraction of sp³-hybridized carbons (Fsp3) is 0.421. The van der Waals surface area contributed by atoms with Gasteiger partial charge in [0.05, 0.1) is 12.4 Å². The van der Waals surface area contributed by atoms with Gasteiger partial charge < -0.3 is 15.4 Å². The molecule has 1 aliphatic rings. The van der Waals surface area contributed by atoms with Gasteiger partial charge in [-0.1, -0.05) is 30.3 Å². The summed E-state index contributed by atoms with van der Waals surface area (Å²) in [6.07, 6.45) is 6.26. The van der Waals surface area contributed by atoms with E-state index in [1.54, 1.807) is 0 Å². The summed E-state index contributed by atoms with van der Waals surface area (Å²) in [5, 5.41) is 5.91. The van der Waals surface area contributed by atoms with E-state index in [4.69, 9.17) is 4.74 Å². The predicted molar refractivity (Wildman–Crippen MR) is 95.3 cm³/mol. The third-order valence-electron chi connectivity index (χ3n) is 4.42. The molecule has 0 aliphatic heterocycles. The van der Waals surface area contributed by atoms with Crippen molar-refractivity contribution < 1.29 is 13.9 Å². The average Bonchev–Trinajstić information content (AvgIpc) is 2.66. The number of nitrogens with zero attached hydrogens (tertiary/aromatic N) is 2. The molecule has 2 aromatic rings. The standard InChI is InChI=1S/C19H23FN4O2/c20-15-12-22-19(23-13-15)26-17-8-6-16(7-9-17)24-18(25)21-11-10-14-4-2-1-3-5-14/h1-5,12-13,16-17H,6-11H2,(H2,21,24,25). The molecule has 2 N–H and O–H groups in total. The Hall–Kier alpha value is -2.70. The molecule has 1 saturated carbocycles. The van der Waals surface area contributed by atoms with Crippen LogP contribution < -0.4 is 15.4 Å². The normalized spacial score (nSPS) is 19.6. The number of nitrogens with one attached hydrogen (secondary N) is 2. The molecular weight excluding hydrogens is 335 g/mol. The molecule has 0 unspecified atom stereocenters. The highest BCUT2D eigenvalue weighted by Crippen LogP contribution is 2.22. The second-order valence-electron chi connectivity index (χ2n) is 6.41. The van der Waals surface area contributed by atoms with E-state index in [0.717, 1.165) is 44.5 Å². The van der Waals surface area contributed by atoms with Gasteiger partial charge in [0.25, 0.3) is 0 Å². The van der Waals surface area contributed by atoms with Crippen molar-refractivity contribution in [2.75, 3.05) is 6.54 Å². The molecule has 2 amide bonds. The SMILES string of the molecule is O=C(NCCc1ccccc1)NC1CCC(Oc2ncc(F)cn2)CC1. The molecule has 138 valence electrons. The number of carbonyl (C=O) groups excluding carboxylic acids is 1. The maximum Gasteiger partial charge on any atom is 0.316 e. The summed E-state index contributed by atoms with van der Waals surface area (Å²) < 4.78 is 18.5. The maximum atomic E-state index is 12.8. The minimum atomic E-state index is -0.483. The first-order valence-corrected chi connectivity index (χ1v) is 8.91. The van der Waals surface area contributed by atoms with Crippen molar-refractivity contribution in [3.8, 4) is 6.01 Å². The Kier molecular flexibility index (Phi) is 6.35. The van der Waals surface area contributed by atoms with Gasteiger partial charge in [0, 0.05) is 12.6 Å². The van der Waals surface area contributed by atoms with Crippen molar-refractivity contribution in [1.82, 2.24) is 20.6 Å². The van der Waals surface area contributed by atoms with Gasteiger partial charge in [-0.05, 0) is 37.7 Å². The van der Waals surface area contributed by atoms with Crippen LogP contribution >= 0.6 is 0 Å². The minimum absolute atomic E-state index is 0.000321. The van der Waals surface area contributed by atoms with E-state index in [1.165, 1.54) is 5.56 Å². The summed E-state index contributed by atoms with van der Waals surface area (Å²) >= 11 is 0. The van der Waals surface area contributed by atoms with E-state index in [1.807, 2.05) is 30.3 Å². The van der Waals surface area contributed by atoms with Crippen molar-refractivity contribution in [3.05, 3.63) is 54.1 Å². The Morgan fingerprint density at radius 3 is 2.50 bits per heavy atom. The zero-order valence-electron chi connectivity index (χ0n) is 14.5. The van der Waals surface area contributed by atoms with E-state index < -0.39 is 5.82 Å². The summed E-state index contributed by atoms with van der Waals surface area (Å²) in [5.41, 5.74) is 1.20. The Labute approximate surface area is 152 Å². The monoisotopic (exact) mass is 358 g/mol. The van der Waals surface area contributed by atoms with Gasteiger partial charge in [0.2, 0.25) is 0 Å². The lowest BCUT2D eigenvalue weighted by Crippen LogP contribution is -2.45. The molecule has 0 bridgehead atoms. The summed E-state index contributed by atoms with van der Waals surface area (Å²) in [6, 6.07) is 10.3. The molecular formula is C19H23FN4O2. The number of amides is 2. The lowest BCUT2D eigenvalue weighted by molar-refractivity contribution is 0.128. The van der Waals surface area contributed by atoms with Crippen LogP contribution in [0.1, 0.15) is 31.2 Å². The Morgan fingerprint density at radius 2 is 1.81 bits per heavy atom. The van der Waals surface area contributed by atoms with Gasteiger partial charge in [0.1, 0.15) is 6.10 Å². The molecule has 1 aromatic heterocycles. The van der Waals surface area contributed by atoms with Crippen LogP contribution in [0.15, 0.2) is 42.7 Å². The molecule has 1 aromatic carbocycles. The van der Waals surface area contributed by atoms with Crippen LogP contribution in [-0.2, 0) is 6.42 Å². The number of hydrogen-bond donors (Lipinski definition) is 2. The van der Waals surface area contributed by atoms with Gasteiger partial charge >= 0.3 is 12.0 Å². The fourth-order valence-corrected chi connectivity index (χ4v) is 3.04. The Bertz CT molecular complexity index is 688. The zero-order chi connectivity index (χ0) is 18.2. The molecule has 1 fully saturated rings. The molecule has 0 radical (unpaired) electrons. The number of rotatable bonds is 6. The molecule has 0 saturated heterocycles. The van der Waals surface area contributed by atoms with Crippen molar-refractivity contribution in [3.63, 3.8) is 0 Å². The second kappa shape index (κ2) is 9.12. The van der Waals surface area contributed by atoms with E-state index in [-0.39, 0.29) is 24.2 Å². The maximum absolute atomic E-state index is 12.8. The number of hydrogen-bond acceptors (Lipinski definition) is 4. The molecule has 7 heteroatoms. The van der Waals surface area contributed by atoms with Crippen LogP contribution in [0.25, 0.3) is 0 Å². The van der Waals surface area contributed by atoms with Gasteiger partial charge in [-0.2, -0.15) is 0 Å². The molecule has 3 rings (SSSR count). The van der Waals surface area contributed by atoms with E-state index in [9.17, 15) is 9.18 Å². The number of carbonyl (C=O) groups is 1. The third-order valence-corrected chi connectivity index (χ3v) is 4.42. The van der Waals surface area contributed by atoms with Crippen LogP contribution in [0, 0.1) is 5.82 Å². The smallest absolute Gasteiger partial charge is 0.316 e. The molecule has 0 spiro atoms. The molecule has 1 heterocycles. The number of benzene rings is 1. The van der Waals surface area contributed by atoms with Crippen LogP contribution in [0.3, 0.4) is 0 Å². The topological polar surface area (TPSA) is 76.1 Å². The van der Waals surface area contributed by atoms with Crippen LogP contribution in [0.4, 0.5) is 9.18 Å². The van der Waals surface area contributed by atoms with Crippen LogP contribution in [-0.4, -0.2) is 34.7 Å². The summed E-state index contributed by atoms with van der Waals surface area (Å²) in [5.74, 6) is -0.483. The number of aromatic nitrogens is 2. The van der Waals surface area contributed by atoms with Gasteiger partial charge in [-0.25, -0.2) is 19.2 Å². The first kappa shape index (κ1) is 18.1. The highest BCUT2D eigenvalue weighted by Gasteiger charge is 2.24. The van der Waals surface area contributed by atoms with Crippen molar-refractivity contribution in [2.24, 2.45) is 0 Å². The van der Waals surface area contributed by atoms with Crippen molar-refractivity contribution in [2.45, 2.75) is 44.2 Å². The highest BCUT2D eigenvalue weighted by molar-refractivity contribution is 5.74. The largest absolute Gasteiger partial charge is 0.460 e. The fourth-order valence-electron chi connectivity index (χ4n) is 3.04. The summed E-state index contributed by atoms with van der Waals surface area (Å²) in [4.78, 5) is 19.6. The number of halogens is 1. The van der Waals surface area contributed by atoms with Crippen molar-refractivity contribution >= 4 is 6.03 Å². The molecule has 0 atom stereocenters. The lowest BCUT2D eigenvalue weighted by atomic mass is 9.93. The number of ether oxygens (including phenoxy) is 1. The molecule has 6 nitrogen and oxygen atoms in total. The Balaban J connectivity index is 1.33. The zero-order valence-corrected chi connectivity index (χ0v) is 14.5. The van der Waals surface area contributed by atoms with Gasteiger partial charge in [-0.3, -0.25) is 0 Å². The lowest BCUT2D eigenvalue weighted by Gasteiger charge is -2.28. The quantitative estimate of drug-likeness (QED) is 0.833. The first-order valence-electron chi connectivity index (χ1n) is 8.91. The highest BCUT2D eigenvalue weighted by atomic mass is 19.1. The molecule has 26 heavy (non-hydrogen) atoms. The van der Waals surface area contributed by atoms with E-state index in [2.05, 4.69) is 20.6 Å². The van der Waals surface area contributed by atoms with Crippen molar-refractivity contribution in [1.29, 1.82) is 0 Å². The number of urea groups is 1. The van der Waals surface area contributed by atoms with Gasteiger partial charge in [-0.15, -0.1) is 0 Å².